The Morgan fingerprint density at radius 2 is 1.81 bits per heavy atom. The second-order valence-corrected chi connectivity index (χ2v) is 4.75. The minimum Gasteiger partial charge on any atom is -0.357 e. The van der Waals surface area contributed by atoms with Crippen LogP contribution in [0.2, 0.25) is 0 Å². The highest BCUT2D eigenvalue weighted by Crippen LogP contribution is 2.13. The van der Waals surface area contributed by atoms with Crippen LogP contribution in [0.15, 0.2) is 12.7 Å². The minimum absolute atomic E-state index is 0.349. The monoisotopic (exact) mass is 293 g/mol. The van der Waals surface area contributed by atoms with Gasteiger partial charge in [-0.15, -0.1) is 6.58 Å². The molecule has 0 amide bonds. The molecule has 1 aromatic rings. The van der Waals surface area contributed by atoms with Crippen LogP contribution in [0.3, 0.4) is 0 Å². The van der Waals surface area contributed by atoms with Crippen molar-refractivity contribution in [1.82, 2.24) is 20.3 Å². The normalized spacial score (nSPS) is 11.8. The molecule has 0 radical (unpaired) electrons. The molecule has 0 bridgehead atoms. The van der Waals surface area contributed by atoms with E-state index in [2.05, 4.69) is 49.7 Å². The van der Waals surface area contributed by atoms with Crippen LogP contribution < -0.4 is 21.3 Å². The summed E-state index contributed by atoms with van der Waals surface area (Å²) in [6.45, 7) is 7.43. The van der Waals surface area contributed by atoms with Crippen LogP contribution in [0.4, 0.5) is 17.8 Å². The third-order valence-corrected chi connectivity index (χ3v) is 2.98. The van der Waals surface area contributed by atoms with E-state index in [1.807, 2.05) is 7.05 Å². The van der Waals surface area contributed by atoms with Crippen LogP contribution in [0.5, 0.6) is 0 Å². The van der Waals surface area contributed by atoms with E-state index in [1.54, 1.807) is 13.1 Å². The van der Waals surface area contributed by atoms with Crippen molar-refractivity contribution < 1.29 is 0 Å². The molecule has 0 fully saturated rings. The first-order valence-electron chi connectivity index (χ1n) is 7.43. The maximum Gasteiger partial charge on any atom is 0.229 e. The third-order valence-electron chi connectivity index (χ3n) is 2.98. The van der Waals surface area contributed by atoms with Gasteiger partial charge in [0.05, 0.1) is 0 Å². The van der Waals surface area contributed by atoms with Crippen molar-refractivity contribution in [3.63, 3.8) is 0 Å². The van der Waals surface area contributed by atoms with Gasteiger partial charge in [0, 0.05) is 19.6 Å². The summed E-state index contributed by atoms with van der Waals surface area (Å²) in [5.74, 6) is 1.68. The van der Waals surface area contributed by atoms with Crippen molar-refractivity contribution in [2.75, 3.05) is 43.1 Å². The number of aromatic nitrogens is 3. The highest BCUT2D eigenvalue weighted by Gasteiger charge is 2.11. The summed E-state index contributed by atoms with van der Waals surface area (Å²) in [5, 5.41) is 12.6. The molecule has 4 N–H and O–H groups in total. The smallest absolute Gasteiger partial charge is 0.229 e. The molecule has 0 saturated heterocycles. The summed E-state index contributed by atoms with van der Waals surface area (Å²) in [4.78, 5) is 13.0. The van der Waals surface area contributed by atoms with Crippen LogP contribution in [-0.4, -0.2) is 48.2 Å². The summed E-state index contributed by atoms with van der Waals surface area (Å²) in [7, 11) is 3.75. The topological polar surface area (TPSA) is 86.8 Å². The number of nitrogens with one attached hydrogen (secondary N) is 4. The van der Waals surface area contributed by atoms with Gasteiger partial charge in [-0.25, -0.2) is 0 Å². The number of hydrogen-bond acceptors (Lipinski definition) is 7. The zero-order valence-electron chi connectivity index (χ0n) is 13.2. The Balaban J connectivity index is 2.79. The quantitative estimate of drug-likeness (QED) is 0.462. The molecule has 0 spiro atoms. The van der Waals surface area contributed by atoms with Gasteiger partial charge in [-0.2, -0.15) is 15.0 Å². The molecule has 1 unspecified atom stereocenters. The van der Waals surface area contributed by atoms with Crippen molar-refractivity contribution in [3.8, 4) is 0 Å². The van der Waals surface area contributed by atoms with Gasteiger partial charge in [0.2, 0.25) is 17.8 Å². The molecule has 118 valence electrons. The zero-order chi connectivity index (χ0) is 15.5. The first-order chi connectivity index (χ1) is 10.2. The first-order valence-corrected chi connectivity index (χ1v) is 7.43. The molecule has 1 aromatic heterocycles. The fourth-order valence-corrected chi connectivity index (χ4v) is 1.93. The Morgan fingerprint density at radius 3 is 2.43 bits per heavy atom. The lowest BCUT2D eigenvalue weighted by molar-refractivity contribution is 0.571. The second-order valence-electron chi connectivity index (χ2n) is 4.75. The highest BCUT2D eigenvalue weighted by atomic mass is 15.3. The van der Waals surface area contributed by atoms with Crippen LogP contribution >= 0.6 is 0 Å². The van der Waals surface area contributed by atoms with Crippen LogP contribution in [0, 0.1) is 0 Å². The molecule has 1 atom stereocenters. The second kappa shape index (κ2) is 9.93. The SMILES string of the molecule is C=CCNc1nc(NC)nc(NC(CCC)CCNC)n1. The van der Waals surface area contributed by atoms with Crippen molar-refractivity contribution >= 4 is 17.8 Å². The van der Waals surface area contributed by atoms with Gasteiger partial charge in [-0.1, -0.05) is 19.4 Å². The summed E-state index contributed by atoms with van der Waals surface area (Å²) < 4.78 is 0. The van der Waals surface area contributed by atoms with Gasteiger partial charge in [-0.3, -0.25) is 0 Å². The molecule has 0 aliphatic carbocycles. The maximum absolute atomic E-state index is 4.40. The van der Waals surface area contributed by atoms with Gasteiger partial charge in [0.15, 0.2) is 0 Å². The molecule has 21 heavy (non-hydrogen) atoms. The molecule has 0 aliphatic heterocycles. The molecule has 1 heterocycles. The van der Waals surface area contributed by atoms with E-state index in [-0.39, 0.29) is 0 Å². The molecule has 0 aliphatic rings. The van der Waals surface area contributed by atoms with Crippen LogP contribution in [0.25, 0.3) is 0 Å². The fourth-order valence-electron chi connectivity index (χ4n) is 1.93. The summed E-state index contributed by atoms with van der Waals surface area (Å²) in [6.07, 6.45) is 4.99. The van der Waals surface area contributed by atoms with E-state index in [4.69, 9.17) is 0 Å². The largest absolute Gasteiger partial charge is 0.357 e. The van der Waals surface area contributed by atoms with Crippen molar-refractivity contribution in [1.29, 1.82) is 0 Å². The first kappa shape index (κ1) is 17.2. The lowest BCUT2D eigenvalue weighted by Gasteiger charge is -2.18. The van der Waals surface area contributed by atoms with Crippen molar-refractivity contribution in [2.45, 2.75) is 32.2 Å². The maximum atomic E-state index is 4.40. The fraction of sp³-hybridized carbons (Fsp3) is 0.643. The Labute approximate surface area is 127 Å². The summed E-state index contributed by atoms with van der Waals surface area (Å²) >= 11 is 0. The number of hydrogen-bond donors (Lipinski definition) is 4. The lowest BCUT2D eigenvalue weighted by atomic mass is 10.1. The van der Waals surface area contributed by atoms with Crippen molar-refractivity contribution in [3.05, 3.63) is 12.7 Å². The van der Waals surface area contributed by atoms with Gasteiger partial charge in [-0.05, 0) is 26.4 Å². The molecule has 7 nitrogen and oxygen atoms in total. The number of anilines is 3. The van der Waals surface area contributed by atoms with E-state index >= 15 is 0 Å². The average molecular weight is 293 g/mol. The zero-order valence-corrected chi connectivity index (χ0v) is 13.2. The predicted molar refractivity (Wildman–Crippen MR) is 88.9 cm³/mol. The van der Waals surface area contributed by atoms with Gasteiger partial charge >= 0.3 is 0 Å². The third kappa shape index (κ3) is 6.40. The van der Waals surface area contributed by atoms with Crippen LogP contribution in [-0.2, 0) is 0 Å². The Morgan fingerprint density at radius 1 is 1.10 bits per heavy atom. The van der Waals surface area contributed by atoms with Crippen LogP contribution in [0.1, 0.15) is 26.2 Å². The van der Waals surface area contributed by atoms with E-state index < -0.39 is 0 Å². The summed E-state index contributed by atoms with van der Waals surface area (Å²) in [5.41, 5.74) is 0. The predicted octanol–water partition coefficient (Wildman–Crippen LogP) is 1.70. The minimum atomic E-state index is 0.349. The van der Waals surface area contributed by atoms with E-state index in [0.717, 1.165) is 25.8 Å². The molecule has 1 rings (SSSR count). The van der Waals surface area contributed by atoms with Gasteiger partial charge < -0.3 is 21.3 Å². The molecular weight excluding hydrogens is 266 g/mol. The molecule has 0 aromatic carbocycles. The van der Waals surface area contributed by atoms with Gasteiger partial charge in [0.1, 0.15) is 0 Å². The standard InChI is InChI=1S/C14H27N7/c1-5-7-11(8-10-15-3)18-14-20-12(16-4)19-13(21-14)17-9-6-2/h6,11,15H,2,5,7-10H2,1,3-4H3,(H3,16,17,18,19,20,21). The lowest BCUT2D eigenvalue weighted by Crippen LogP contribution is -2.26. The Hall–Kier alpha value is -1.89. The van der Waals surface area contributed by atoms with Crippen molar-refractivity contribution in [2.24, 2.45) is 0 Å². The Kier molecular flexibility index (Phi) is 8.11. The van der Waals surface area contributed by atoms with E-state index in [9.17, 15) is 0 Å². The average Bonchev–Trinajstić information content (AvgIpc) is 2.50. The Bertz CT molecular complexity index is 422. The molecule has 0 saturated carbocycles. The molecular formula is C14H27N7. The highest BCUT2D eigenvalue weighted by molar-refractivity contribution is 5.42. The van der Waals surface area contributed by atoms with E-state index in [1.165, 1.54) is 0 Å². The summed E-state index contributed by atoms with van der Waals surface area (Å²) in [6, 6.07) is 0.349. The van der Waals surface area contributed by atoms with Gasteiger partial charge in [0.25, 0.3) is 0 Å². The number of nitrogens with zero attached hydrogens (tertiary/aromatic N) is 3. The number of rotatable bonds is 11. The van der Waals surface area contributed by atoms with E-state index in [0.29, 0.717) is 30.4 Å². The molecule has 7 heteroatoms.